The van der Waals surface area contributed by atoms with Crippen LogP contribution in [0, 0.1) is 6.92 Å². The van der Waals surface area contributed by atoms with Gasteiger partial charge in [-0.3, -0.25) is 4.79 Å². The zero-order chi connectivity index (χ0) is 17.1. The van der Waals surface area contributed by atoms with E-state index in [0.29, 0.717) is 10.6 Å². The molecule has 3 aromatic rings. The maximum atomic E-state index is 12.2. The minimum atomic E-state index is -0.871. The number of benzene rings is 2. The Morgan fingerprint density at radius 3 is 2.50 bits per heavy atom. The number of hydrogen-bond acceptors (Lipinski definition) is 4. The van der Waals surface area contributed by atoms with Gasteiger partial charge in [-0.15, -0.1) is 11.3 Å². The van der Waals surface area contributed by atoms with Crippen molar-refractivity contribution in [2.75, 3.05) is 5.32 Å². The van der Waals surface area contributed by atoms with Crippen molar-refractivity contribution in [2.45, 2.75) is 20.0 Å². The summed E-state index contributed by atoms with van der Waals surface area (Å²) >= 11 is 1.36. The summed E-state index contributed by atoms with van der Waals surface area (Å²) in [5.41, 5.74) is 1.78. The average Bonchev–Trinajstić information content (AvgIpc) is 3.01. The van der Waals surface area contributed by atoms with Gasteiger partial charge in [0.15, 0.2) is 6.10 Å². The topological polar surface area (TPSA) is 55.4 Å². The van der Waals surface area contributed by atoms with Crippen molar-refractivity contribution in [1.29, 1.82) is 0 Å². The molecule has 1 amide bonds. The lowest BCUT2D eigenvalue weighted by Gasteiger charge is -2.13. The van der Waals surface area contributed by atoms with Gasteiger partial charge in [-0.2, -0.15) is 0 Å². The monoisotopic (exact) mass is 339 g/mol. The number of aryl methyl sites for hydroxylation is 1. The van der Waals surface area contributed by atoms with Crippen molar-refractivity contribution < 1.29 is 14.3 Å². The predicted octanol–water partition coefficient (Wildman–Crippen LogP) is 4.39. The maximum Gasteiger partial charge on any atom is 0.349 e. The first-order valence-corrected chi connectivity index (χ1v) is 8.41. The molecular weight excluding hydrogens is 322 g/mol. The van der Waals surface area contributed by atoms with E-state index >= 15 is 0 Å². The van der Waals surface area contributed by atoms with Gasteiger partial charge in [-0.1, -0.05) is 35.9 Å². The van der Waals surface area contributed by atoms with Crippen LogP contribution in [0.15, 0.2) is 54.6 Å². The molecule has 1 N–H and O–H groups in total. The molecular formula is C19H17NO3S. The SMILES string of the molecule is Cc1ccc(NC(=O)[C@@H](C)OC(=O)c2cc3ccccc3s2)cc1. The van der Waals surface area contributed by atoms with Gasteiger partial charge in [0.25, 0.3) is 5.91 Å². The van der Waals surface area contributed by atoms with Gasteiger partial charge in [-0.25, -0.2) is 4.79 Å². The number of rotatable bonds is 4. The fourth-order valence-corrected chi connectivity index (χ4v) is 3.18. The second-order valence-electron chi connectivity index (χ2n) is 5.55. The third-order valence-electron chi connectivity index (χ3n) is 3.60. The number of nitrogens with one attached hydrogen (secondary N) is 1. The van der Waals surface area contributed by atoms with Gasteiger partial charge >= 0.3 is 5.97 Å². The van der Waals surface area contributed by atoms with E-state index in [0.717, 1.165) is 15.6 Å². The number of thiophene rings is 1. The van der Waals surface area contributed by atoms with Crippen LogP contribution in [-0.4, -0.2) is 18.0 Å². The highest BCUT2D eigenvalue weighted by Crippen LogP contribution is 2.26. The first kappa shape index (κ1) is 16.2. The molecule has 1 aromatic heterocycles. The number of carbonyl (C=O) groups excluding carboxylic acids is 2. The van der Waals surface area contributed by atoms with Crippen molar-refractivity contribution in [3.8, 4) is 0 Å². The third-order valence-corrected chi connectivity index (χ3v) is 4.69. The predicted molar refractivity (Wildman–Crippen MR) is 96.5 cm³/mol. The van der Waals surface area contributed by atoms with Crippen LogP contribution in [0.3, 0.4) is 0 Å². The van der Waals surface area contributed by atoms with E-state index < -0.39 is 12.1 Å². The van der Waals surface area contributed by atoms with Crippen LogP contribution >= 0.6 is 11.3 Å². The molecule has 0 aliphatic heterocycles. The number of amides is 1. The number of ether oxygens (including phenoxy) is 1. The average molecular weight is 339 g/mol. The molecule has 0 aliphatic rings. The van der Waals surface area contributed by atoms with Crippen LogP contribution in [0.5, 0.6) is 0 Å². The molecule has 3 rings (SSSR count). The molecule has 2 aromatic carbocycles. The summed E-state index contributed by atoms with van der Waals surface area (Å²) in [5.74, 6) is -0.837. The van der Waals surface area contributed by atoms with Crippen molar-refractivity contribution >= 4 is 39.0 Å². The molecule has 24 heavy (non-hydrogen) atoms. The molecule has 0 fully saturated rings. The van der Waals surface area contributed by atoms with Gasteiger partial charge in [0, 0.05) is 10.4 Å². The molecule has 0 spiro atoms. The Morgan fingerprint density at radius 2 is 1.79 bits per heavy atom. The molecule has 0 bridgehead atoms. The minimum Gasteiger partial charge on any atom is -0.448 e. The van der Waals surface area contributed by atoms with Crippen molar-refractivity contribution in [1.82, 2.24) is 0 Å². The van der Waals surface area contributed by atoms with E-state index in [4.69, 9.17) is 4.74 Å². The molecule has 122 valence electrons. The number of carbonyl (C=O) groups is 2. The zero-order valence-electron chi connectivity index (χ0n) is 13.4. The molecule has 0 radical (unpaired) electrons. The Hall–Kier alpha value is -2.66. The lowest BCUT2D eigenvalue weighted by Crippen LogP contribution is -2.29. The number of hydrogen-bond donors (Lipinski definition) is 1. The lowest BCUT2D eigenvalue weighted by atomic mass is 10.2. The molecule has 0 saturated carbocycles. The fraction of sp³-hybridized carbons (Fsp3) is 0.158. The van der Waals surface area contributed by atoms with E-state index in [1.807, 2.05) is 55.5 Å². The smallest absolute Gasteiger partial charge is 0.349 e. The Morgan fingerprint density at radius 1 is 1.08 bits per heavy atom. The van der Waals surface area contributed by atoms with Crippen molar-refractivity contribution in [3.05, 3.63) is 65.0 Å². The summed E-state index contributed by atoms with van der Waals surface area (Å²) < 4.78 is 6.30. The van der Waals surface area contributed by atoms with Gasteiger partial charge in [0.2, 0.25) is 0 Å². The first-order chi connectivity index (χ1) is 11.5. The van der Waals surface area contributed by atoms with Crippen LogP contribution < -0.4 is 5.32 Å². The third kappa shape index (κ3) is 3.63. The van der Waals surface area contributed by atoms with Crippen LogP contribution in [-0.2, 0) is 9.53 Å². The zero-order valence-corrected chi connectivity index (χ0v) is 14.2. The Labute approximate surface area is 144 Å². The quantitative estimate of drug-likeness (QED) is 0.717. The lowest BCUT2D eigenvalue weighted by molar-refractivity contribution is -0.123. The molecule has 0 saturated heterocycles. The maximum absolute atomic E-state index is 12.2. The molecule has 0 unspecified atom stereocenters. The second-order valence-corrected chi connectivity index (χ2v) is 6.64. The van der Waals surface area contributed by atoms with E-state index in [1.54, 1.807) is 13.0 Å². The van der Waals surface area contributed by atoms with Gasteiger partial charge < -0.3 is 10.1 Å². The summed E-state index contributed by atoms with van der Waals surface area (Å²) in [6.45, 7) is 3.54. The Bertz CT molecular complexity index is 850. The van der Waals surface area contributed by atoms with Gasteiger partial charge in [-0.05, 0) is 43.5 Å². The Balaban J connectivity index is 1.64. The van der Waals surface area contributed by atoms with Crippen LogP contribution in [0.25, 0.3) is 10.1 Å². The number of esters is 1. The highest BCUT2D eigenvalue weighted by molar-refractivity contribution is 7.20. The minimum absolute atomic E-state index is 0.353. The highest BCUT2D eigenvalue weighted by Gasteiger charge is 2.20. The molecule has 1 heterocycles. The van der Waals surface area contributed by atoms with E-state index in [-0.39, 0.29) is 5.91 Å². The van der Waals surface area contributed by atoms with E-state index in [2.05, 4.69) is 5.32 Å². The fourth-order valence-electron chi connectivity index (χ4n) is 2.24. The molecule has 1 atom stereocenters. The van der Waals surface area contributed by atoms with Crippen LogP contribution in [0.2, 0.25) is 0 Å². The standard InChI is InChI=1S/C19H17NO3S/c1-12-7-9-15(10-8-12)20-18(21)13(2)23-19(22)17-11-14-5-3-4-6-16(14)24-17/h3-11,13H,1-2H3,(H,20,21)/t13-/m1/s1. The number of fused-ring (bicyclic) bond motifs is 1. The normalized spacial score (nSPS) is 11.9. The summed E-state index contributed by atoms with van der Waals surface area (Å²) in [5, 5.41) is 3.73. The largest absolute Gasteiger partial charge is 0.448 e. The first-order valence-electron chi connectivity index (χ1n) is 7.60. The highest BCUT2D eigenvalue weighted by atomic mass is 32.1. The number of anilines is 1. The summed E-state index contributed by atoms with van der Waals surface area (Å²) in [7, 11) is 0. The molecule has 4 nitrogen and oxygen atoms in total. The molecule has 5 heteroatoms. The Kier molecular flexibility index (Phi) is 4.62. The summed E-state index contributed by atoms with van der Waals surface area (Å²) in [6, 6.07) is 17.0. The molecule has 0 aliphatic carbocycles. The van der Waals surface area contributed by atoms with Crippen LogP contribution in [0.4, 0.5) is 5.69 Å². The van der Waals surface area contributed by atoms with Gasteiger partial charge in [0.1, 0.15) is 4.88 Å². The van der Waals surface area contributed by atoms with Crippen LogP contribution in [0.1, 0.15) is 22.2 Å². The van der Waals surface area contributed by atoms with Crippen molar-refractivity contribution in [2.24, 2.45) is 0 Å². The van der Waals surface area contributed by atoms with Crippen molar-refractivity contribution in [3.63, 3.8) is 0 Å². The summed E-state index contributed by atoms with van der Waals surface area (Å²) in [4.78, 5) is 24.9. The van der Waals surface area contributed by atoms with Gasteiger partial charge in [0.05, 0.1) is 0 Å². The van der Waals surface area contributed by atoms with E-state index in [9.17, 15) is 9.59 Å². The second kappa shape index (κ2) is 6.84. The van der Waals surface area contributed by atoms with E-state index in [1.165, 1.54) is 11.3 Å². The summed E-state index contributed by atoms with van der Waals surface area (Å²) in [6.07, 6.45) is -0.871.